The lowest BCUT2D eigenvalue weighted by Gasteiger charge is -2.20. The van der Waals surface area contributed by atoms with E-state index in [4.69, 9.17) is 11.6 Å². The van der Waals surface area contributed by atoms with Crippen LogP contribution in [0.25, 0.3) is 0 Å². The van der Waals surface area contributed by atoms with Crippen LogP contribution in [0.2, 0.25) is 5.02 Å². The van der Waals surface area contributed by atoms with Gasteiger partial charge in [-0.15, -0.1) is 12.4 Å². The van der Waals surface area contributed by atoms with Crippen LogP contribution in [0.15, 0.2) is 18.2 Å². The predicted molar refractivity (Wildman–Crippen MR) is 91.0 cm³/mol. The molecule has 2 N–H and O–H groups in total. The summed E-state index contributed by atoms with van der Waals surface area (Å²) in [7, 11) is 1.48. The molecule has 0 saturated carbocycles. The molecule has 140 valence electrons. The normalized spacial score (nSPS) is 16.9. The van der Waals surface area contributed by atoms with Crippen molar-refractivity contribution in [1.82, 2.24) is 10.2 Å². The van der Waals surface area contributed by atoms with Crippen LogP contribution in [0.5, 0.6) is 0 Å². The Bertz CT molecular complexity index is 635. The lowest BCUT2D eigenvalue weighted by Crippen LogP contribution is -2.44. The van der Waals surface area contributed by atoms with Crippen LogP contribution in [0.1, 0.15) is 18.4 Å². The van der Waals surface area contributed by atoms with E-state index in [0.717, 1.165) is 25.1 Å². The third-order valence-electron chi connectivity index (χ3n) is 3.67. The monoisotopic (exact) mass is 399 g/mol. The van der Waals surface area contributed by atoms with E-state index in [1.54, 1.807) is 0 Å². The Morgan fingerprint density at radius 3 is 2.64 bits per heavy atom. The summed E-state index contributed by atoms with van der Waals surface area (Å²) in [6, 6.07) is 2.79. The maximum atomic E-state index is 12.8. The van der Waals surface area contributed by atoms with Crippen LogP contribution < -0.4 is 10.6 Å². The van der Waals surface area contributed by atoms with Gasteiger partial charge >= 0.3 is 6.18 Å². The van der Waals surface area contributed by atoms with Gasteiger partial charge in [0.1, 0.15) is 0 Å². The summed E-state index contributed by atoms with van der Waals surface area (Å²) < 4.78 is 38.4. The molecule has 0 spiro atoms. The molecule has 1 aromatic rings. The molecule has 1 heterocycles. The second-order valence-electron chi connectivity index (χ2n) is 5.58. The minimum atomic E-state index is -4.61. The number of nitrogens with one attached hydrogen (secondary N) is 2. The average molecular weight is 400 g/mol. The number of carbonyl (C=O) groups is 2. The van der Waals surface area contributed by atoms with Crippen LogP contribution in [-0.2, 0) is 15.8 Å². The van der Waals surface area contributed by atoms with Crippen LogP contribution in [0.4, 0.5) is 18.9 Å². The Kier molecular flexibility index (Phi) is 7.52. The zero-order valence-corrected chi connectivity index (χ0v) is 14.9. The van der Waals surface area contributed by atoms with E-state index in [-0.39, 0.29) is 36.6 Å². The molecule has 25 heavy (non-hydrogen) atoms. The predicted octanol–water partition coefficient (Wildman–Crippen LogP) is 2.93. The van der Waals surface area contributed by atoms with Gasteiger partial charge in [-0.1, -0.05) is 11.6 Å². The molecule has 1 aliphatic rings. The number of rotatable bonds is 4. The SMILES string of the molecule is CN(CC(=O)Nc1ccc(Cl)c(C(F)(F)F)c1)C(=O)C1CCCN1.Cl. The fourth-order valence-electron chi connectivity index (χ4n) is 2.48. The molecule has 0 bridgehead atoms. The molecule has 1 fully saturated rings. The molecule has 2 amide bonds. The molecule has 1 atom stereocenters. The highest BCUT2D eigenvalue weighted by Gasteiger charge is 2.33. The zero-order valence-electron chi connectivity index (χ0n) is 13.3. The number of halogens is 5. The summed E-state index contributed by atoms with van der Waals surface area (Å²) in [5.41, 5.74) is -1.06. The van der Waals surface area contributed by atoms with Gasteiger partial charge in [-0.2, -0.15) is 13.2 Å². The van der Waals surface area contributed by atoms with Crippen molar-refractivity contribution in [3.8, 4) is 0 Å². The maximum absolute atomic E-state index is 12.8. The molecule has 1 aromatic carbocycles. The molecular weight excluding hydrogens is 382 g/mol. The molecule has 1 aliphatic heterocycles. The van der Waals surface area contributed by atoms with Gasteiger partial charge in [0.2, 0.25) is 11.8 Å². The summed E-state index contributed by atoms with van der Waals surface area (Å²) in [6.07, 6.45) is -3.02. The first kappa shape index (κ1) is 21.5. The van der Waals surface area contributed by atoms with E-state index >= 15 is 0 Å². The molecule has 0 aliphatic carbocycles. The molecule has 1 unspecified atom stereocenters. The van der Waals surface area contributed by atoms with Crippen LogP contribution in [0.3, 0.4) is 0 Å². The summed E-state index contributed by atoms with van der Waals surface area (Å²) >= 11 is 5.52. The second kappa shape index (κ2) is 8.73. The van der Waals surface area contributed by atoms with Crippen molar-refractivity contribution in [2.45, 2.75) is 25.1 Å². The zero-order chi connectivity index (χ0) is 17.9. The van der Waals surface area contributed by atoms with Crippen molar-refractivity contribution in [2.75, 3.05) is 25.5 Å². The van der Waals surface area contributed by atoms with Gasteiger partial charge in [0, 0.05) is 12.7 Å². The Morgan fingerprint density at radius 1 is 1.40 bits per heavy atom. The maximum Gasteiger partial charge on any atom is 0.417 e. The minimum absolute atomic E-state index is 0. The van der Waals surface area contributed by atoms with E-state index in [1.807, 2.05) is 0 Å². The third kappa shape index (κ3) is 5.76. The Labute approximate surface area is 154 Å². The van der Waals surface area contributed by atoms with Gasteiger partial charge < -0.3 is 15.5 Å². The quantitative estimate of drug-likeness (QED) is 0.817. The van der Waals surface area contributed by atoms with Crippen LogP contribution in [0, 0.1) is 0 Å². The lowest BCUT2D eigenvalue weighted by atomic mass is 10.2. The Morgan fingerprint density at radius 2 is 2.08 bits per heavy atom. The van der Waals surface area contributed by atoms with Crippen molar-refractivity contribution in [1.29, 1.82) is 0 Å². The van der Waals surface area contributed by atoms with Crippen LogP contribution in [-0.4, -0.2) is 42.9 Å². The number of amides is 2. The van der Waals surface area contributed by atoms with E-state index < -0.39 is 22.7 Å². The third-order valence-corrected chi connectivity index (χ3v) is 4.00. The minimum Gasteiger partial charge on any atom is -0.335 e. The van der Waals surface area contributed by atoms with Crippen molar-refractivity contribution < 1.29 is 22.8 Å². The first-order valence-corrected chi connectivity index (χ1v) is 7.71. The number of benzene rings is 1. The van der Waals surface area contributed by atoms with Gasteiger partial charge in [-0.25, -0.2) is 0 Å². The number of likely N-dealkylation sites (N-methyl/N-ethyl adjacent to an activating group) is 1. The topological polar surface area (TPSA) is 61.4 Å². The fourth-order valence-corrected chi connectivity index (χ4v) is 2.70. The largest absolute Gasteiger partial charge is 0.417 e. The first-order valence-electron chi connectivity index (χ1n) is 7.33. The Hall–Kier alpha value is -1.51. The fraction of sp³-hybridized carbons (Fsp3) is 0.467. The number of carbonyl (C=O) groups excluding carboxylic acids is 2. The van der Waals surface area contributed by atoms with Crippen molar-refractivity contribution >= 4 is 41.5 Å². The summed E-state index contributed by atoms with van der Waals surface area (Å²) in [6.45, 7) is 0.502. The van der Waals surface area contributed by atoms with E-state index in [2.05, 4.69) is 10.6 Å². The summed E-state index contributed by atoms with van der Waals surface area (Å²) in [5, 5.41) is 4.93. The van der Waals surface area contributed by atoms with Gasteiger partial charge in [-0.3, -0.25) is 9.59 Å². The molecule has 0 radical (unpaired) electrons. The first-order chi connectivity index (χ1) is 11.2. The lowest BCUT2D eigenvalue weighted by molar-refractivity contribution is -0.137. The number of nitrogens with zero attached hydrogens (tertiary/aromatic N) is 1. The molecule has 5 nitrogen and oxygen atoms in total. The highest BCUT2D eigenvalue weighted by molar-refractivity contribution is 6.31. The van der Waals surface area contributed by atoms with Crippen molar-refractivity contribution in [2.24, 2.45) is 0 Å². The number of hydrogen-bond acceptors (Lipinski definition) is 3. The van der Waals surface area contributed by atoms with Crippen molar-refractivity contribution in [3.05, 3.63) is 28.8 Å². The van der Waals surface area contributed by atoms with E-state index in [0.29, 0.717) is 6.42 Å². The van der Waals surface area contributed by atoms with Crippen LogP contribution >= 0.6 is 24.0 Å². The highest BCUT2D eigenvalue weighted by Crippen LogP contribution is 2.36. The Balaban J connectivity index is 0.00000312. The highest BCUT2D eigenvalue weighted by atomic mass is 35.5. The summed E-state index contributed by atoms with van der Waals surface area (Å²) in [5.74, 6) is -0.797. The smallest absolute Gasteiger partial charge is 0.335 e. The van der Waals surface area contributed by atoms with Gasteiger partial charge in [-0.05, 0) is 37.6 Å². The average Bonchev–Trinajstić information content (AvgIpc) is 3.01. The number of hydrogen-bond donors (Lipinski definition) is 2. The molecular formula is C15H18Cl2F3N3O2. The molecule has 10 heteroatoms. The molecule has 2 rings (SSSR count). The van der Waals surface area contributed by atoms with E-state index in [1.165, 1.54) is 18.0 Å². The van der Waals surface area contributed by atoms with Gasteiger partial charge in [0.05, 0.1) is 23.2 Å². The van der Waals surface area contributed by atoms with Gasteiger partial charge in [0.15, 0.2) is 0 Å². The number of anilines is 1. The summed E-state index contributed by atoms with van der Waals surface area (Å²) in [4.78, 5) is 25.3. The van der Waals surface area contributed by atoms with E-state index in [9.17, 15) is 22.8 Å². The molecule has 0 aromatic heterocycles. The standard InChI is InChI=1S/C15H17ClF3N3O2.ClH/c1-22(14(24)12-3-2-6-20-12)8-13(23)21-9-4-5-11(16)10(7-9)15(17,18)19;/h4-5,7,12,20H,2-3,6,8H2,1H3,(H,21,23);1H. The van der Waals surface area contributed by atoms with Gasteiger partial charge in [0.25, 0.3) is 0 Å². The molecule has 1 saturated heterocycles. The van der Waals surface area contributed by atoms with Crippen molar-refractivity contribution in [3.63, 3.8) is 0 Å². The second-order valence-corrected chi connectivity index (χ2v) is 5.99. The number of alkyl halides is 3.